The van der Waals surface area contributed by atoms with Gasteiger partial charge in [-0.3, -0.25) is 4.79 Å². The van der Waals surface area contributed by atoms with Gasteiger partial charge in [-0.15, -0.1) is 0 Å². The van der Waals surface area contributed by atoms with Crippen molar-refractivity contribution in [2.45, 2.75) is 39.4 Å². The molecule has 0 spiro atoms. The number of nitrogens with one attached hydrogen (secondary N) is 1. The van der Waals surface area contributed by atoms with E-state index in [2.05, 4.69) is 28.7 Å². The predicted octanol–water partition coefficient (Wildman–Crippen LogP) is 4.41. The summed E-state index contributed by atoms with van der Waals surface area (Å²) in [6.45, 7) is 9.18. The van der Waals surface area contributed by atoms with Crippen LogP contribution >= 0.6 is 23.4 Å². The molecule has 0 saturated heterocycles. The molecule has 1 amide bonds. The third kappa shape index (κ3) is 5.00. The third-order valence-corrected chi connectivity index (χ3v) is 4.89. The van der Waals surface area contributed by atoms with Crippen molar-refractivity contribution in [1.29, 1.82) is 5.26 Å². The van der Waals surface area contributed by atoms with Crippen LogP contribution in [0.1, 0.15) is 30.8 Å². The lowest BCUT2D eigenvalue weighted by Crippen LogP contribution is -2.16. The highest BCUT2D eigenvalue weighted by atomic mass is 35.5. The van der Waals surface area contributed by atoms with E-state index in [1.54, 1.807) is 18.2 Å². The van der Waals surface area contributed by atoms with Crippen molar-refractivity contribution in [3.05, 3.63) is 40.2 Å². The molecular weight excluding hydrogens is 356 g/mol. The van der Waals surface area contributed by atoms with E-state index in [0.29, 0.717) is 22.2 Å². The molecule has 0 unspecified atom stereocenters. The summed E-state index contributed by atoms with van der Waals surface area (Å²) in [6, 6.07) is 6.84. The van der Waals surface area contributed by atoms with E-state index in [1.165, 1.54) is 11.8 Å². The van der Waals surface area contributed by atoms with Crippen LogP contribution in [0.3, 0.4) is 0 Å². The van der Waals surface area contributed by atoms with Crippen LogP contribution in [0.2, 0.25) is 5.02 Å². The smallest absolute Gasteiger partial charge is 0.234 e. The number of anilines is 1. The quantitative estimate of drug-likeness (QED) is 0.758. The molecule has 2 rings (SSSR count). The van der Waals surface area contributed by atoms with E-state index in [9.17, 15) is 4.79 Å². The van der Waals surface area contributed by atoms with Crippen LogP contribution in [0.5, 0.6) is 0 Å². The third-order valence-electron chi connectivity index (χ3n) is 3.68. The molecule has 7 heteroatoms. The first-order chi connectivity index (χ1) is 11.8. The molecule has 1 aromatic heterocycles. The Balaban J connectivity index is 2.07. The minimum Gasteiger partial charge on any atom is -0.324 e. The molecule has 2 aromatic rings. The van der Waals surface area contributed by atoms with E-state index >= 15 is 0 Å². The monoisotopic (exact) mass is 376 g/mol. The molecule has 0 aliphatic heterocycles. The van der Waals surface area contributed by atoms with Gasteiger partial charge in [-0.2, -0.15) is 5.26 Å². The molecule has 0 atom stereocenters. The Labute approximate surface area is 157 Å². The van der Waals surface area contributed by atoms with Crippen molar-refractivity contribution in [1.82, 2.24) is 9.55 Å². The van der Waals surface area contributed by atoms with Crippen molar-refractivity contribution in [3.63, 3.8) is 0 Å². The number of aromatic nitrogens is 2. The molecule has 0 radical (unpaired) electrons. The van der Waals surface area contributed by atoms with Crippen LogP contribution in [0, 0.1) is 31.1 Å². The molecule has 1 aromatic carbocycles. The maximum absolute atomic E-state index is 12.3. The summed E-state index contributed by atoms with van der Waals surface area (Å²) in [5, 5.41) is 13.2. The summed E-state index contributed by atoms with van der Waals surface area (Å²) in [5.74, 6) is 0.508. The van der Waals surface area contributed by atoms with E-state index in [1.807, 2.05) is 19.9 Å². The summed E-state index contributed by atoms with van der Waals surface area (Å²) >= 11 is 7.33. The predicted molar refractivity (Wildman–Crippen MR) is 102 cm³/mol. The second-order valence-electron chi connectivity index (χ2n) is 6.21. The van der Waals surface area contributed by atoms with Crippen LogP contribution in [0.25, 0.3) is 0 Å². The second-order valence-corrected chi connectivity index (χ2v) is 7.59. The summed E-state index contributed by atoms with van der Waals surface area (Å²) in [7, 11) is 0. The Bertz CT molecular complexity index is 823. The zero-order chi connectivity index (χ0) is 18.6. The fourth-order valence-corrected chi connectivity index (χ4v) is 3.42. The van der Waals surface area contributed by atoms with Gasteiger partial charge in [-0.1, -0.05) is 37.2 Å². The lowest BCUT2D eigenvalue weighted by Gasteiger charge is -2.12. The van der Waals surface area contributed by atoms with E-state index in [-0.39, 0.29) is 11.7 Å². The molecule has 0 bridgehead atoms. The van der Waals surface area contributed by atoms with Gasteiger partial charge in [0.25, 0.3) is 0 Å². The first-order valence-electron chi connectivity index (χ1n) is 7.97. The average molecular weight is 377 g/mol. The molecule has 132 valence electrons. The highest BCUT2D eigenvalue weighted by molar-refractivity contribution is 7.99. The number of amides is 1. The number of imidazole rings is 1. The topological polar surface area (TPSA) is 70.7 Å². The van der Waals surface area contributed by atoms with Crippen molar-refractivity contribution < 1.29 is 4.79 Å². The minimum absolute atomic E-state index is 0.196. The number of aryl methyl sites for hydroxylation is 1. The van der Waals surface area contributed by atoms with E-state index in [0.717, 1.165) is 23.1 Å². The minimum atomic E-state index is -0.196. The van der Waals surface area contributed by atoms with Crippen molar-refractivity contribution in [2.24, 2.45) is 5.92 Å². The molecule has 1 N–H and O–H groups in total. The van der Waals surface area contributed by atoms with Gasteiger partial charge < -0.3 is 9.88 Å². The van der Waals surface area contributed by atoms with E-state index < -0.39 is 0 Å². The Hall–Kier alpha value is -1.97. The Morgan fingerprint density at radius 1 is 1.44 bits per heavy atom. The number of rotatable bonds is 6. The molecule has 1 heterocycles. The van der Waals surface area contributed by atoms with Gasteiger partial charge in [0.1, 0.15) is 6.07 Å². The van der Waals surface area contributed by atoms with Crippen LogP contribution in [-0.2, 0) is 11.3 Å². The average Bonchev–Trinajstić information content (AvgIpc) is 2.80. The molecule has 0 fully saturated rings. The fourth-order valence-electron chi connectivity index (χ4n) is 2.35. The van der Waals surface area contributed by atoms with E-state index in [4.69, 9.17) is 16.9 Å². The largest absolute Gasteiger partial charge is 0.324 e. The summed E-state index contributed by atoms with van der Waals surface area (Å²) in [4.78, 5) is 16.8. The van der Waals surface area contributed by atoms with Crippen LogP contribution in [0.15, 0.2) is 23.4 Å². The van der Waals surface area contributed by atoms with Crippen molar-refractivity contribution in [2.75, 3.05) is 11.1 Å². The number of thioether (sulfide) groups is 1. The van der Waals surface area contributed by atoms with Crippen molar-refractivity contribution in [3.8, 4) is 6.07 Å². The number of carbonyl (C=O) groups excluding carboxylic acids is 1. The van der Waals surface area contributed by atoms with Crippen LogP contribution < -0.4 is 5.32 Å². The number of benzene rings is 1. The normalized spacial score (nSPS) is 10.8. The number of hydrogen-bond acceptors (Lipinski definition) is 4. The molecular formula is C18H21ClN4OS. The van der Waals surface area contributed by atoms with Gasteiger partial charge in [0, 0.05) is 17.3 Å². The maximum Gasteiger partial charge on any atom is 0.234 e. The first-order valence-corrected chi connectivity index (χ1v) is 9.34. The van der Waals surface area contributed by atoms with Crippen LogP contribution in [0.4, 0.5) is 5.69 Å². The first kappa shape index (κ1) is 19.4. The lowest BCUT2D eigenvalue weighted by atomic mass is 10.2. The summed E-state index contributed by atoms with van der Waals surface area (Å²) in [6.07, 6.45) is 0. The molecule has 0 saturated carbocycles. The SMILES string of the molecule is Cc1nc(SCC(=O)Nc2cc(Cl)ccc2C#N)n(CC(C)C)c1C. The Morgan fingerprint density at radius 2 is 2.16 bits per heavy atom. The van der Waals surface area contributed by atoms with Gasteiger partial charge >= 0.3 is 0 Å². The van der Waals surface area contributed by atoms with Gasteiger partial charge in [-0.05, 0) is 38.0 Å². The van der Waals surface area contributed by atoms with Gasteiger partial charge in [0.2, 0.25) is 5.91 Å². The number of halogens is 1. The molecule has 25 heavy (non-hydrogen) atoms. The van der Waals surface area contributed by atoms with Gasteiger partial charge in [-0.25, -0.2) is 4.98 Å². The second kappa shape index (κ2) is 8.41. The fraction of sp³-hybridized carbons (Fsp3) is 0.389. The van der Waals surface area contributed by atoms with Gasteiger partial charge in [0.05, 0.1) is 22.7 Å². The number of nitrogens with zero attached hydrogens (tertiary/aromatic N) is 3. The zero-order valence-electron chi connectivity index (χ0n) is 14.8. The molecule has 5 nitrogen and oxygen atoms in total. The maximum atomic E-state index is 12.3. The standard InChI is InChI=1S/C18H21ClN4OS/c1-11(2)9-23-13(4)12(3)21-18(23)25-10-17(24)22-16-7-15(19)6-5-14(16)8-20/h5-7,11H,9-10H2,1-4H3,(H,22,24). The highest BCUT2D eigenvalue weighted by Gasteiger charge is 2.15. The number of nitriles is 1. The van der Waals surface area contributed by atoms with Crippen molar-refractivity contribution >= 4 is 35.0 Å². The Kier molecular flexibility index (Phi) is 6.51. The number of carbonyl (C=O) groups is 1. The van der Waals surface area contributed by atoms with Crippen LogP contribution in [-0.4, -0.2) is 21.2 Å². The lowest BCUT2D eigenvalue weighted by molar-refractivity contribution is -0.113. The molecule has 0 aliphatic rings. The summed E-state index contributed by atoms with van der Waals surface area (Å²) in [5.41, 5.74) is 2.91. The number of hydrogen-bond donors (Lipinski definition) is 1. The Morgan fingerprint density at radius 3 is 2.80 bits per heavy atom. The molecule has 0 aliphatic carbocycles. The van der Waals surface area contributed by atoms with Gasteiger partial charge in [0.15, 0.2) is 5.16 Å². The summed E-state index contributed by atoms with van der Waals surface area (Å²) < 4.78 is 2.15. The highest BCUT2D eigenvalue weighted by Crippen LogP contribution is 2.24. The zero-order valence-corrected chi connectivity index (χ0v) is 16.3.